The van der Waals surface area contributed by atoms with E-state index in [2.05, 4.69) is 5.32 Å². The topological polar surface area (TPSA) is 78.3 Å². The van der Waals surface area contributed by atoms with E-state index in [-0.39, 0.29) is 0 Å². The summed E-state index contributed by atoms with van der Waals surface area (Å²) in [5.74, 6) is 0. The molecule has 1 N–H and O–H groups in total. The zero-order chi connectivity index (χ0) is 11.1. The fourth-order valence-corrected chi connectivity index (χ4v) is 1.64. The number of hydrogen-bond acceptors (Lipinski definition) is 4. The number of nitrogens with zero attached hydrogens (tertiary/aromatic N) is 2. The van der Waals surface area contributed by atoms with Gasteiger partial charge >= 0.3 is 0 Å². The molecule has 0 aromatic heterocycles. The molecule has 0 saturated carbocycles. The van der Waals surface area contributed by atoms with Crippen LogP contribution in [0.2, 0.25) is 0 Å². The average molecular weight is 200 g/mol. The van der Waals surface area contributed by atoms with Crippen molar-refractivity contribution in [3.8, 4) is 0 Å². The highest BCUT2D eigenvalue weighted by molar-refractivity contribution is 5.21. The van der Waals surface area contributed by atoms with Crippen molar-refractivity contribution in [3.05, 3.63) is 22.0 Å². The Kier molecular flexibility index (Phi) is 2.29. The number of nitrogens with one attached hydrogen (secondary N) is 1. The molecule has 1 rings (SSSR count). The van der Waals surface area contributed by atoms with Crippen LogP contribution in [0.25, 0.3) is 0 Å². The fraction of sp³-hybridized carbons (Fsp3) is 0.750. The molecule has 1 fully saturated rings. The molecule has 6 nitrogen and oxygen atoms in total. The lowest BCUT2D eigenvalue weighted by Crippen LogP contribution is -2.47. The molecule has 1 saturated heterocycles. The van der Waals surface area contributed by atoms with Crippen LogP contribution in [0.3, 0.4) is 0 Å². The predicted molar refractivity (Wildman–Crippen MR) is 48.9 cm³/mol. The van der Waals surface area contributed by atoms with Gasteiger partial charge in [0.15, 0.2) is 0 Å². The van der Waals surface area contributed by atoms with Crippen LogP contribution in [0.1, 0.15) is 27.7 Å². The van der Waals surface area contributed by atoms with Crippen LogP contribution in [0.4, 0.5) is 0 Å². The van der Waals surface area contributed by atoms with Gasteiger partial charge in [-0.15, -0.1) is 10.3 Å². The second kappa shape index (κ2) is 2.93. The maximum absolute atomic E-state index is 11.7. The number of hydrogen-bond donors (Lipinski definition) is 1. The van der Waals surface area contributed by atoms with Crippen molar-refractivity contribution in [2.45, 2.75) is 38.9 Å². The van der Waals surface area contributed by atoms with E-state index in [4.69, 9.17) is 0 Å². The zero-order valence-electron chi connectivity index (χ0n) is 8.70. The molecular formula is C8H14N3O3. The van der Waals surface area contributed by atoms with E-state index in [0.29, 0.717) is 5.70 Å². The normalized spacial score (nSPS) is 27.6. The summed E-state index contributed by atoms with van der Waals surface area (Å²) in [5.41, 5.74) is -1.34. The van der Waals surface area contributed by atoms with Crippen molar-refractivity contribution in [3.63, 3.8) is 0 Å². The zero-order valence-corrected chi connectivity index (χ0v) is 8.70. The maximum Gasteiger partial charge on any atom is 0.255 e. The van der Waals surface area contributed by atoms with Gasteiger partial charge < -0.3 is 5.32 Å². The van der Waals surface area contributed by atoms with Gasteiger partial charge in [0.25, 0.3) is 6.20 Å². The van der Waals surface area contributed by atoms with Crippen LogP contribution in [-0.2, 0) is 5.21 Å². The summed E-state index contributed by atoms with van der Waals surface area (Å²) in [6, 6.07) is 0. The molecule has 1 aliphatic rings. The minimum absolute atomic E-state index is 0.336. The van der Waals surface area contributed by atoms with Gasteiger partial charge in [0.05, 0.1) is 10.5 Å². The highest BCUT2D eigenvalue weighted by Gasteiger charge is 2.50. The smallest absolute Gasteiger partial charge is 0.255 e. The highest BCUT2D eigenvalue weighted by atomic mass is 16.6. The van der Waals surface area contributed by atoms with Gasteiger partial charge in [0.1, 0.15) is 11.4 Å². The quantitative estimate of drug-likeness (QED) is 0.503. The Labute approximate surface area is 82.3 Å². The largest absolute Gasteiger partial charge is 0.362 e. The molecule has 0 bridgehead atoms. The third-order valence-corrected chi connectivity index (χ3v) is 2.35. The molecule has 1 aliphatic heterocycles. The third-order valence-electron chi connectivity index (χ3n) is 2.35. The van der Waals surface area contributed by atoms with E-state index in [1.807, 2.05) is 0 Å². The van der Waals surface area contributed by atoms with Crippen LogP contribution in [-0.4, -0.2) is 21.2 Å². The summed E-state index contributed by atoms with van der Waals surface area (Å²) >= 11 is 0. The van der Waals surface area contributed by atoms with Crippen molar-refractivity contribution in [2.75, 3.05) is 0 Å². The Bertz CT molecular complexity index is 296. The first kappa shape index (κ1) is 10.9. The summed E-state index contributed by atoms with van der Waals surface area (Å²) in [4.78, 5) is 9.77. The first-order valence-electron chi connectivity index (χ1n) is 4.29. The Hall–Kier alpha value is -1.14. The van der Waals surface area contributed by atoms with Gasteiger partial charge in [-0.25, -0.2) is 0 Å². The highest BCUT2D eigenvalue weighted by Crippen LogP contribution is 2.34. The number of rotatable bonds is 1. The van der Waals surface area contributed by atoms with Crippen molar-refractivity contribution in [1.29, 1.82) is 0 Å². The van der Waals surface area contributed by atoms with Crippen molar-refractivity contribution < 1.29 is 10.1 Å². The third kappa shape index (κ3) is 1.58. The minimum atomic E-state index is -0.878. The molecule has 0 aliphatic carbocycles. The summed E-state index contributed by atoms with van der Waals surface area (Å²) < 4.78 is 0. The lowest BCUT2D eigenvalue weighted by molar-refractivity contribution is -0.404. The van der Waals surface area contributed by atoms with E-state index in [0.717, 1.165) is 11.3 Å². The number of nitro groups is 1. The predicted octanol–water partition coefficient (Wildman–Crippen LogP) is 0.870. The Morgan fingerprint density at radius 3 is 2.21 bits per heavy atom. The molecular weight excluding hydrogens is 186 g/mol. The Balaban J connectivity index is 3.09. The number of hydroxylamine groups is 2. The second-order valence-corrected chi connectivity index (χ2v) is 4.37. The van der Waals surface area contributed by atoms with E-state index in [1.54, 1.807) is 27.7 Å². The van der Waals surface area contributed by atoms with Crippen LogP contribution in [0.5, 0.6) is 0 Å². The summed E-state index contributed by atoms with van der Waals surface area (Å²) in [6.45, 7) is 6.67. The Morgan fingerprint density at radius 1 is 1.43 bits per heavy atom. The lowest BCUT2D eigenvalue weighted by atomic mass is 10.0. The molecule has 0 atom stereocenters. The molecule has 0 aromatic carbocycles. The molecule has 1 heterocycles. The van der Waals surface area contributed by atoms with E-state index in [9.17, 15) is 15.3 Å². The van der Waals surface area contributed by atoms with E-state index >= 15 is 0 Å². The average Bonchev–Trinajstić information content (AvgIpc) is 2.12. The van der Waals surface area contributed by atoms with Gasteiger partial charge in [-0.1, -0.05) is 0 Å². The van der Waals surface area contributed by atoms with Crippen LogP contribution in [0, 0.1) is 10.1 Å². The molecule has 14 heavy (non-hydrogen) atoms. The lowest BCUT2D eigenvalue weighted by Gasteiger charge is -2.29. The molecule has 0 amide bonds. The second-order valence-electron chi connectivity index (χ2n) is 4.37. The van der Waals surface area contributed by atoms with Gasteiger partial charge in [0, 0.05) is 0 Å². The first-order valence-corrected chi connectivity index (χ1v) is 4.29. The summed E-state index contributed by atoms with van der Waals surface area (Å²) in [5, 5.41) is 25.7. The maximum atomic E-state index is 11.7. The molecule has 79 valence electrons. The summed E-state index contributed by atoms with van der Waals surface area (Å²) in [7, 11) is 0. The van der Waals surface area contributed by atoms with Gasteiger partial charge in [0.2, 0.25) is 0 Å². The van der Waals surface area contributed by atoms with Crippen molar-refractivity contribution in [2.24, 2.45) is 0 Å². The molecule has 0 unspecified atom stereocenters. The van der Waals surface area contributed by atoms with Crippen LogP contribution < -0.4 is 5.32 Å². The Morgan fingerprint density at radius 2 is 1.93 bits per heavy atom. The van der Waals surface area contributed by atoms with Crippen LogP contribution >= 0.6 is 0 Å². The van der Waals surface area contributed by atoms with Crippen molar-refractivity contribution in [1.82, 2.24) is 10.4 Å². The fourth-order valence-electron chi connectivity index (χ4n) is 1.64. The molecule has 6 heteroatoms. The van der Waals surface area contributed by atoms with E-state index in [1.165, 1.54) is 0 Å². The van der Waals surface area contributed by atoms with Crippen LogP contribution in [0.15, 0.2) is 11.9 Å². The summed E-state index contributed by atoms with van der Waals surface area (Å²) in [6.07, 6.45) is 0.847. The minimum Gasteiger partial charge on any atom is -0.362 e. The SMILES string of the molecule is CC1(C)N/C(=C/[N+](=O)[O-])C(C)(C)N1[O]. The van der Waals surface area contributed by atoms with Gasteiger partial charge in [-0.3, -0.25) is 10.1 Å². The molecule has 1 radical (unpaired) electrons. The van der Waals surface area contributed by atoms with E-state index < -0.39 is 16.1 Å². The standard InChI is InChI=1S/C8H14N3O3/c1-7(2)6(5-10(12)13)9-8(3,4)11(7)14/h5,9H,1-4H3/b6-5+. The van der Waals surface area contributed by atoms with Gasteiger partial charge in [-0.2, -0.15) is 0 Å². The monoisotopic (exact) mass is 200 g/mol. The van der Waals surface area contributed by atoms with Gasteiger partial charge in [-0.05, 0) is 27.7 Å². The van der Waals surface area contributed by atoms with Crippen molar-refractivity contribution >= 4 is 0 Å². The first-order chi connectivity index (χ1) is 6.18. The molecule has 0 spiro atoms. The molecule has 0 aromatic rings.